The molecule has 1 aromatic heterocycles. The highest BCUT2D eigenvalue weighted by molar-refractivity contribution is 7.11. The zero-order chi connectivity index (χ0) is 13.7. The van der Waals surface area contributed by atoms with Crippen LogP contribution in [0.25, 0.3) is 0 Å². The van der Waals surface area contributed by atoms with Crippen molar-refractivity contribution in [2.24, 2.45) is 0 Å². The molecule has 0 aliphatic carbocycles. The molecule has 0 bridgehead atoms. The second-order valence-corrected chi connectivity index (χ2v) is 4.87. The summed E-state index contributed by atoms with van der Waals surface area (Å²) in [5.74, 6) is 1.05. The molecule has 0 spiro atoms. The molecule has 0 aromatic carbocycles. The summed E-state index contributed by atoms with van der Waals surface area (Å²) in [5, 5.41) is 3.89. The fraction of sp³-hybridized carbons (Fsp3) is 0.636. The van der Waals surface area contributed by atoms with Gasteiger partial charge in [0.25, 0.3) is 0 Å². The van der Waals surface area contributed by atoms with Gasteiger partial charge in [-0.15, -0.1) is 0 Å². The molecular weight excluding hydrogens is 268 g/mol. The first-order chi connectivity index (χ1) is 9.22. The molecule has 1 aliphatic heterocycles. The van der Waals surface area contributed by atoms with Crippen LogP contribution in [-0.2, 0) is 9.53 Å². The third kappa shape index (κ3) is 3.48. The highest BCUT2D eigenvalue weighted by Crippen LogP contribution is 2.34. The number of nitrogens with two attached hydrogens (primary N) is 1. The van der Waals surface area contributed by atoms with Crippen LogP contribution in [0.4, 0.5) is 10.8 Å². The average molecular weight is 286 g/mol. The lowest BCUT2D eigenvalue weighted by Gasteiger charge is -2.26. The Bertz CT molecular complexity index is 432. The van der Waals surface area contributed by atoms with Gasteiger partial charge < -0.3 is 25.4 Å². The molecule has 3 N–H and O–H groups in total. The van der Waals surface area contributed by atoms with Crippen LogP contribution in [0.3, 0.4) is 0 Å². The number of methoxy groups -OCH3 is 1. The Hall–Kier alpha value is -1.54. The normalized spacial score (nSPS) is 15.3. The van der Waals surface area contributed by atoms with Crippen LogP contribution in [0, 0.1) is 0 Å². The number of rotatable bonds is 5. The van der Waals surface area contributed by atoms with Crippen LogP contribution in [0.15, 0.2) is 0 Å². The van der Waals surface area contributed by atoms with Gasteiger partial charge in [-0.05, 0) is 11.5 Å². The van der Waals surface area contributed by atoms with E-state index in [0.29, 0.717) is 50.8 Å². The predicted molar refractivity (Wildman–Crippen MR) is 73.6 cm³/mol. The fourth-order valence-corrected chi connectivity index (χ4v) is 2.57. The maximum absolute atomic E-state index is 11.9. The van der Waals surface area contributed by atoms with Crippen LogP contribution in [0.2, 0.25) is 0 Å². The van der Waals surface area contributed by atoms with Gasteiger partial charge in [-0.2, -0.15) is 4.37 Å². The molecule has 1 saturated heterocycles. The first-order valence-electron chi connectivity index (χ1n) is 6.11. The van der Waals surface area contributed by atoms with Crippen molar-refractivity contribution in [3.63, 3.8) is 0 Å². The highest BCUT2D eigenvalue weighted by atomic mass is 32.1. The minimum absolute atomic E-state index is 0.132. The number of carbonyl (C=O) groups excluding carboxylic acids is 1. The summed E-state index contributed by atoms with van der Waals surface area (Å²) in [5.41, 5.74) is 5.65. The summed E-state index contributed by atoms with van der Waals surface area (Å²) in [6.45, 7) is 3.14. The summed E-state index contributed by atoms with van der Waals surface area (Å²) >= 11 is 1.23. The molecule has 1 aliphatic rings. The van der Waals surface area contributed by atoms with E-state index in [1.807, 2.05) is 4.90 Å². The van der Waals surface area contributed by atoms with Crippen molar-refractivity contribution >= 4 is 28.3 Å². The number of carbonyl (C=O) groups is 1. The van der Waals surface area contributed by atoms with E-state index in [0.717, 1.165) is 5.00 Å². The van der Waals surface area contributed by atoms with Crippen LogP contribution in [0.1, 0.15) is 6.42 Å². The average Bonchev–Trinajstić information content (AvgIpc) is 2.80. The number of nitrogens with zero attached hydrogens (tertiary/aromatic N) is 2. The molecule has 19 heavy (non-hydrogen) atoms. The Morgan fingerprint density at radius 1 is 1.58 bits per heavy atom. The Labute approximate surface area is 115 Å². The third-order valence-corrected chi connectivity index (χ3v) is 3.67. The van der Waals surface area contributed by atoms with Crippen LogP contribution >= 0.6 is 11.5 Å². The first kappa shape index (κ1) is 13.9. The number of hydrogen-bond acceptors (Lipinski definition) is 7. The van der Waals surface area contributed by atoms with Crippen molar-refractivity contribution in [1.82, 2.24) is 9.27 Å². The highest BCUT2D eigenvalue weighted by Gasteiger charge is 2.17. The number of morpholine rings is 1. The number of nitrogen functional groups attached to an aromatic ring is 1. The maximum Gasteiger partial charge on any atom is 0.224 e. The third-order valence-electron chi connectivity index (χ3n) is 2.87. The van der Waals surface area contributed by atoms with E-state index < -0.39 is 0 Å². The quantitative estimate of drug-likeness (QED) is 0.814. The van der Waals surface area contributed by atoms with Gasteiger partial charge in [0, 0.05) is 26.1 Å². The molecular formula is C11H18N4O3S. The van der Waals surface area contributed by atoms with E-state index >= 15 is 0 Å². The molecule has 1 fully saturated rings. The van der Waals surface area contributed by atoms with Crippen molar-refractivity contribution in [3.05, 3.63) is 0 Å². The largest absolute Gasteiger partial charge is 0.490 e. The molecule has 2 heterocycles. The summed E-state index contributed by atoms with van der Waals surface area (Å²) in [6.07, 6.45) is 0.432. The molecule has 0 radical (unpaired) electrons. The number of ether oxygens (including phenoxy) is 2. The van der Waals surface area contributed by atoms with E-state index in [2.05, 4.69) is 9.69 Å². The van der Waals surface area contributed by atoms with Gasteiger partial charge in [0.2, 0.25) is 5.91 Å². The summed E-state index contributed by atoms with van der Waals surface area (Å²) in [7, 11) is 1.55. The van der Waals surface area contributed by atoms with Crippen molar-refractivity contribution < 1.29 is 14.3 Å². The molecule has 0 atom stereocenters. The molecule has 0 unspecified atom stereocenters. The van der Waals surface area contributed by atoms with Crippen LogP contribution in [0.5, 0.6) is 5.75 Å². The molecule has 106 valence electrons. The zero-order valence-corrected chi connectivity index (χ0v) is 11.7. The smallest absolute Gasteiger partial charge is 0.224 e. The molecule has 7 nitrogen and oxygen atoms in total. The van der Waals surface area contributed by atoms with Crippen LogP contribution < -0.4 is 15.8 Å². The summed E-state index contributed by atoms with van der Waals surface area (Å²) in [6, 6.07) is 0. The lowest BCUT2D eigenvalue weighted by atomic mass is 10.3. The standard InChI is InChI=1S/C11H18N4O3S/c1-17-9-10(12)14-19-11(9)13-3-2-8(16)15-4-6-18-7-5-15/h13H,2-7H2,1H3,(H2,12,14). The van der Waals surface area contributed by atoms with Crippen molar-refractivity contribution in [2.75, 3.05) is 51.0 Å². The minimum atomic E-state index is 0.132. The van der Waals surface area contributed by atoms with Crippen molar-refractivity contribution in [2.45, 2.75) is 6.42 Å². The lowest BCUT2D eigenvalue weighted by molar-refractivity contribution is -0.134. The van der Waals surface area contributed by atoms with E-state index in [-0.39, 0.29) is 5.91 Å². The SMILES string of the molecule is COc1c(N)nsc1NCCC(=O)N1CCOCC1. The van der Waals surface area contributed by atoms with Crippen molar-refractivity contribution in [3.8, 4) is 5.75 Å². The van der Waals surface area contributed by atoms with Gasteiger partial charge >= 0.3 is 0 Å². The molecule has 0 saturated carbocycles. The van der Waals surface area contributed by atoms with Gasteiger partial charge in [-0.25, -0.2) is 0 Å². The second kappa shape index (κ2) is 6.58. The van der Waals surface area contributed by atoms with E-state index in [1.165, 1.54) is 11.5 Å². The van der Waals surface area contributed by atoms with Crippen LogP contribution in [-0.4, -0.2) is 55.1 Å². The van der Waals surface area contributed by atoms with E-state index in [1.54, 1.807) is 7.11 Å². The van der Waals surface area contributed by atoms with Gasteiger partial charge in [-0.3, -0.25) is 4.79 Å². The van der Waals surface area contributed by atoms with Crippen molar-refractivity contribution in [1.29, 1.82) is 0 Å². The van der Waals surface area contributed by atoms with Gasteiger partial charge in [-0.1, -0.05) is 0 Å². The fourth-order valence-electron chi connectivity index (χ4n) is 1.86. The number of anilines is 2. The second-order valence-electron chi connectivity index (χ2n) is 4.10. The minimum Gasteiger partial charge on any atom is -0.490 e. The predicted octanol–water partition coefficient (Wildman–Crippen LogP) is 0.395. The Morgan fingerprint density at radius 3 is 3.00 bits per heavy atom. The van der Waals surface area contributed by atoms with E-state index in [9.17, 15) is 4.79 Å². The number of hydrogen-bond donors (Lipinski definition) is 2. The Balaban J connectivity index is 1.78. The Kier molecular flexibility index (Phi) is 4.80. The summed E-state index contributed by atoms with van der Waals surface area (Å²) < 4.78 is 14.3. The summed E-state index contributed by atoms with van der Waals surface area (Å²) in [4.78, 5) is 13.7. The first-order valence-corrected chi connectivity index (χ1v) is 6.88. The van der Waals surface area contributed by atoms with Gasteiger partial charge in [0.15, 0.2) is 16.6 Å². The molecule has 1 aromatic rings. The topological polar surface area (TPSA) is 89.7 Å². The zero-order valence-electron chi connectivity index (χ0n) is 10.8. The maximum atomic E-state index is 11.9. The van der Waals surface area contributed by atoms with E-state index in [4.69, 9.17) is 15.2 Å². The number of amides is 1. The lowest BCUT2D eigenvalue weighted by Crippen LogP contribution is -2.41. The molecule has 8 heteroatoms. The van der Waals surface area contributed by atoms with Gasteiger partial charge in [0.05, 0.1) is 20.3 Å². The molecule has 1 amide bonds. The molecule has 2 rings (SSSR count). The number of nitrogens with one attached hydrogen (secondary N) is 1. The Morgan fingerprint density at radius 2 is 2.32 bits per heavy atom. The monoisotopic (exact) mass is 286 g/mol. The van der Waals surface area contributed by atoms with Gasteiger partial charge in [0.1, 0.15) is 0 Å². The number of aromatic nitrogens is 1.